The maximum atomic E-state index is 13.6. The van der Waals surface area contributed by atoms with Gasteiger partial charge in [-0.15, -0.1) is 0 Å². The summed E-state index contributed by atoms with van der Waals surface area (Å²) in [6.45, 7) is 2.04. The van der Waals surface area contributed by atoms with Gasteiger partial charge in [-0.1, -0.05) is 18.2 Å². The summed E-state index contributed by atoms with van der Waals surface area (Å²) in [6, 6.07) is 9.61. The van der Waals surface area contributed by atoms with E-state index in [1.165, 1.54) is 10.7 Å². The number of carbonyl (C=O) groups excluding carboxylic acids is 1. The van der Waals surface area contributed by atoms with Crippen LogP contribution < -0.4 is 11.0 Å². The molecule has 0 radical (unpaired) electrons. The van der Waals surface area contributed by atoms with Gasteiger partial charge in [0.15, 0.2) is 5.69 Å². The van der Waals surface area contributed by atoms with E-state index in [2.05, 4.69) is 15.6 Å². The average molecular weight is 356 g/mol. The molecule has 0 atom stereocenters. The first kappa shape index (κ1) is 17.4. The first-order valence-electron chi connectivity index (χ1n) is 7.79. The highest BCUT2D eigenvalue weighted by molar-refractivity contribution is 6.04. The number of rotatable bonds is 4. The molecule has 3 rings (SSSR count). The second-order valence-electron chi connectivity index (χ2n) is 5.38. The minimum Gasteiger partial charge on any atom is -0.267 e. The third-order valence-corrected chi connectivity index (χ3v) is 3.71. The molecule has 6 nitrogen and oxygen atoms in total. The zero-order valence-electron chi connectivity index (χ0n) is 13.7. The summed E-state index contributed by atoms with van der Waals surface area (Å²) >= 11 is 0. The number of nitrogens with one attached hydrogen (secondary N) is 1. The van der Waals surface area contributed by atoms with Crippen LogP contribution in [0.1, 0.15) is 23.0 Å². The maximum Gasteiger partial charge on any atom is 0.292 e. The highest BCUT2D eigenvalue weighted by Gasteiger charge is 2.15. The zero-order valence-corrected chi connectivity index (χ0v) is 13.7. The van der Waals surface area contributed by atoms with Crippen molar-refractivity contribution in [1.82, 2.24) is 15.2 Å². The third-order valence-electron chi connectivity index (χ3n) is 3.71. The van der Waals surface area contributed by atoms with E-state index >= 15 is 0 Å². The zero-order chi connectivity index (χ0) is 18.7. The number of fused-ring (bicyclic) bond motifs is 1. The molecule has 0 saturated heterocycles. The number of benzene rings is 2. The lowest BCUT2D eigenvalue weighted by atomic mass is 10.1. The van der Waals surface area contributed by atoms with Gasteiger partial charge >= 0.3 is 0 Å². The molecule has 1 aromatic heterocycles. The number of hydrazone groups is 1. The van der Waals surface area contributed by atoms with Crippen molar-refractivity contribution >= 4 is 22.9 Å². The van der Waals surface area contributed by atoms with Gasteiger partial charge in [-0.3, -0.25) is 9.59 Å². The van der Waals surface area contributed by atoms with E-state index < -0.39 is 17.5 Å². The van der Waals surface area contributed by atoms with Crippen LogP contribution in [0, 0.1) is 11.6 Å². The molecule has 0 saturated carbocycles. The topological polar surface area (TPSA) is 76.3 Å². The van der Waals surface area contributed by atoms with Crippen molar-refractivity contribution in [2.45, 2.75) is 13.5 Å². The van der Waals surface area contributed by atoms with E-state index in [0.717, 1.165) is 18.3 Å². The second-order valence-corrected chi connectivity index (χ2v) is 5.38. The normalized spacial score (nSPS) is 11.2. The van der Waals surface area contributed by atoms with Gasteiger partial charge in [0.2, 0.25) is 0 Å². The first-order chi connectivity index (χ1) is 12.5. The minimum atomic E-state index is -0.800. The fourth-order valence-corrected chi connectivity index (χ4v) is 2.44. The van der Waals surface area contributed by atoms with Gasteiger partial charge in [-0.05, 0) is 25.1 Å². The highest BCUT2D eigenvalue weighted by atomic mass is 19.1. The first-order valence-corrected chi connectivity index (χ1v) is 7.79. The number of aryl methyl sites for hydroxylation is 1. The molecule has 3 aromatic rings. The Hall–Kier alpha value is -3.42. The van der Waals surface area contributed by atoms with Crippen molar-refractivity contribution in [3.63, 3.8) is 0 Å². The Morgan fingerprint density at radius 3 is 2.65 bits per heavy atom. The van der Waals surface area contributed by atoms with Crippen molar-refractivity contribution < 1.29 is 13.6 Å². The molecule has 0 aliphatic rings. The molecule has 0 spiro atoms. The molecule has 1 N–H and O–H groups in total. The van der Waals surface area contributed by atoms with Crippen molar-refractivity contribution in [2.24, 2.45) is 5.10 Å². The summed E-state index contributed by atoms with van der Waals surface area (Å²) in [5.74, 6) is -2.16. The molecular weight excluding hydrogens is 342 g/mol. The largest absolute Gasteiger partial charge is 0.292 e. The van der Waals surface area contributed by atoms with E-state index in [9.17, 15) is 18.4 Å². The molecule has 1 amide bonds. The Morgan fingerprint density at radius 1 is 1.23 bits per heavy atom. The predicted octanol–water partition coefficient (Wildman–Crippen LogP) is 2.46. The number of hydrogen-bond acceptors (Lipinski definition) is 4. The molecule has 132 valence electrons. The van der Waals surface area contributed by atoms with Gasteiger partial charge in [0.05, 0.1) is 11.6 Å². The number of carbonyl (C=O) groups is 1. The molecule has 1 heterocycles. The molecule has 26 heavy (non-hydrogen) atoms. The molecule has 8 heteroatoms. The van der Waals surface area contributed by atoms with Crippen LogP contribution in [0.25, 0.3) is 10.8 Å². The second kappa shape index (κ2) is 7.22. The number of hydrogen-bond donors (Lipinski definition) is 1. The highest BCUT2D eigenvalue weighted by Crippen LogP contribution is 2.13. The third kappa shape index (κ3) is 3.34. The van der Waals surface area contributed by atoms with Crippen molar-refractivity contribution in [1.29, 1.82) is 0 Å². The smallest absolute Gasteiger partial charge is 0.267 e. The molecule has 0 aliphatic heterocycles. The molecule has 0 bridgehead atoms. The monoisotopic (exact) mass is 356 g/mol. The fourth-order valence-electron chi connectivity index (χ4n) is 2.44. The van der Waals surface area contributed by atoms with Gasteiger partial charge in [-0.2, -0.15) is 10.2 Å². The van der Waals surface area contributed by atoms with Gasteiger partial charge in [-0.25, -0.2) is 18.9 Å². The van der Waals surface area contributed by atoms with Crippen LogP contribution in [0.3, 0.4) is 0 Å². The van der Waals surface area contributed by atoms with Crippen LogP contribution in [0.4, 0.5) is 8.78 Å². The van der Waals surface area contributed by atoms with Gasteiger partial charge in [0.25, 0.3) is 11.5 Å². The van der Waals surface area contributed by atoms with E-state index in [1.807, 2.05) is 0 Å². The number of aromatic nitrogens is 2. The lowest BCUT2D eigenvalue weighted by Crippen LogP contribution is -2.28. The van der Waals surface area contributed by atoms with Crippen molar-refractivity contribution in [3.8, 4) is 0 Å². The Balaban J connectivity index is 1.92. The lowest BCUT2D eigenvalue weighted by Gasteiger charge is -2.08. The standard InChI is InChI=1S/C18H14F2N4O2/c1-2-24-18(26)14-6-4-3-5-13(14)16(23-24)17(25)22-21-10-11-7-8-12(19)9-15(11)20/h3-10H,2H2,1H3,(H,22,25)/b21-10+. The SMILES string of the molecule is CCn1nc(C(=O)N/N=C/c2ccc(F)cc2F)c2ccccc2c1=O. The van der Waals surface area contributed by atoms with Crippen LogP contribution >= 0.6 is 0 Å². The van der Waals surface area contributed by atoms with Crippen LogP contribution in [-0.2, 0) is 6.54 Å². The Kier molecular flexibility index (Phi) is 4.83. The Bertz CT molecular complexity index is 1080. The summed E-state index contributed by atoms with van der Waals surface area (Å²) in [5.41, 5.74) is 1.99. The van der Waals surface area contributed by atoms with E-state index in [0.29, 0.717) is 17.3 Å². The van der Waals surface area contributed by atoms with Gasteiger partial charge < -0.3 is 0 Å². The Morgan fingerprint density at radius 2 is 1.96 bits per heavy atom. The summed E-state index contributed by atoms with van der Waals surface area (Å²) in [4.78, 5) is 24.7. The lowest BCUT2D eigenvalue weighted by molar-refractivity contribution is 0.0949. The van der Waals surface area contributed by atoms with Crippen molar-refractivity contribution in [2.75, 3.05) is 0 Å². The van der Waals surface area contributed by atoms with Crippen LogP contribution in [0.15, 0.2) is 52.4 Å². The molecule has 0 aliphatic carbocycles. The maximum absolute atomic E-state index is 13.6. The van der Waals surface area contributed by atoms with Crippen LogP contribution in [0.5, 0.6) is 0 Å². The minimum absolute atomic E-state index is 0.0167. The van der Waals surface area contributed by atoms with Crippen molar-refractivity contribution in [3.05, 3.63) is 75.7 Å². The summed E-state index contributed by atoms with van der Waals surface area (Å²) < 4.78 is 27.6. The predicted molar refractivity (Wildman–Crippen MR) is 93.1 cm³/mol. The molecule has 0 fully saturated rings. The summed E-state index contributed by atoms with van der Waals surface area (Å²) in [5, 5.41) is 8.50. The molecule has 0 unspecified atom stereocenters. The summed E-state index contributed by atoms with van der Waals surface area (Å²) in [6.07, 6.45) is 1.06. The number of nitrogens with zero attached hydrogens (tertiary/aromatic N) is 3. The van der Waals surface area contributed by atoms with Gasteiger partial charge in [0, 0.05) is 23.6 Å². The van der Waals surface area contributed by atoms with E-state index in [-0.39, 0.29) is 16.8 Å². The molecule has 2 aromatic carbocycles. The van der Waals surface area contributed by atoms with Crippen LogP contribution in [-0.4, -0.2) is 21.9 Å². The van der Waals surface area contributed by atoms with E-state index in [4.69, 9.17) is 0 Å². The Labute approximate surface area is 146 Å². The summed E-state index contributed by atoms with van der Waals surface area (Å²) in [7, 11) is 0. The quantitative estimate of drug-likeness (QED) is 0.576. The van der Waals surface area contributed by atoms with Crippen LogP contribution in [0.2, 0.25) is 0 Å². The van der Waals surface area contributed by atoms with E-state index in [1.54, 1.807) is 31.2 Å². The van der Waals surface area contributed by atoms with Gasteiger partial charge in [0.1, 0.15) is 11.6 Å². The molecular formula is C18H14F2N4O2. The number of amides is 1. The fraction of sp³-hybridized carbons (Fsp3) is 0.111. The average Bonchev–Trinajstić information content (AvgIpc) is 2.64. The number of halogens is 2.